The molecule has 1 amide bonds. The summed E-state index contributed by atoms with van der Waals surface area (Å²) in [4.78, 5) is 26.1. The summed E-state index contributed by atoms with van der Waals surface area (Å²) in [7, 11) is 0. The molecule has 1 spiro atoms. The zero-order valence-electron chi connectivity index (χ0n) is 13.4. The first-order chi connectivity index (χ1) is 10.6. The largest absolute Gasteiger partial charge is 0.324 e. The van der Waals surface area contributed by atoms with Crippen LogP contribution in [-0.2, 0) is 4.79 Å². The third kappa shape index (κ3) is 4.10. The van der Waals surface area contributed by atoms with Crippen LogP contribution in [0.3, 0.4) is 0 Å². The zero-order chi connectivity index (χ0) is 15.6. The minimum atomic E-state index is -0.0447. The highest BCUT2D eigenvalue weighted by molar-refractivity contribution is 6.04. The molecule has 2 heterocycles. The van der Waals surface area contributed by atoms with Crippen LogP contribution >= 0.6 is 12.4 Å². The van der Waals surface area contributed by atoms with Gasteiger partial charge in [0.2, 0.25) is 5.91 Å². The van der Waals surface area contributed by atoms with E-state index in [0.717, 1.165) is 32.6 Å². The van der Waals surface area contributed by atoms with E-state index in [1.807, 2.05) is 12.1 Å². The maximum atomic E-state index is 12.3. The van der Waals surface area contributed by atoms with Crippen LogP contribution < -0.4 is 10.6 Å². The molecule has 2 aliphatic heterocycles. The van der Waals surface area contributed by atoms with Gasteiger partial charge in [0.25, 0.3) is 0 Å². The van der Waals surface area contributed by atoms with Gasteiger partial charge in [-0.3, -0.25) is 14.5 Å². The summed E-state index contributed by atoms with van der Waals surface area (Å²) in [5.41, 5.74) is 1.54. The molecule has 0 aromatic heterocycles. The number of carbonyl (C=O) groups excluding carboxylic acids is 2. The minimum absolute atomic E-state index is 0. The standard InChI is InChI=1S/C17H23N3O2.ClH/c1-13(21)14-4-2-3-5-15(14)19-16(22)10-20-9-7-17(12-20)6-8-18-11-17;/h2-5,18H,6-12H2,1H3,(H,19,22);1H. The van der Waals surface area contributed by atoms with Crippen LogP contribution in [0.5, 0.6) is 0 Å². The number of nitrogens with zero attached hydrogens (tertiary/aromatic N) is 1. The maximum Gasteiger partial charge on any atom is 0.238 e. The highest BCUT2D eigenvalue weighted by atomic mass is 35.5. The fraction of sp³-hybridized carbons (Fsp3) is 0.529. The van der Waals surface area contributed by atoms with Gasteiger partial charge in [0.05, 0.1) is 12.2 Å². The molecular formula is C17H24ClN3O2. The van der Waals surface area contributed by atoms with Crippen LogP contribution in [-0.4, -0.2) is 49.3 Å². The average molecular weight is 338 g/mol. The van der Waals surface area contributed by atoms with E-state index in [1.165, 1.54) is 13.3 Å². The molecule has 6 heteroatoms. The van der Waals surface area contributed by atoms with Gasteiger partial charge in [0, 0.05) is 18.7 Å². The van der Waals surface area contributed by atoms with Crippen molar-refractivity contribution in [1.82, 2.24) is 10.2 Å². The molecule has 1 unspecified atom stereocenters. The molecule has 0 radical (unpaired) electrons. The third-order valence-corrected chi connectivity index (χ3v) is 4.80. The maximum absolute atomic E-state index is 12.3. The monoisotopic (exact) mass is 337 g/mol. The smallest absolute Gasteiger partial charge is 0.238 e. The fourth-order valence-electron chi connectivity index (χ4n) is 3.60. The third-order valence-electron chi connectivity index (χ3n) is 4.80. The Labute approximate surface area is 143 Å². The first-order valence-corrected chi connectivity index (χ1v) is 7.91. The fourth-order valence-corrected chi connectivity index (χ4v) is 3.60. The molecule has 3 rings (SSSR count). The average Bonchev–Trinajstić information content (AvgIpc) is 3.10. The molecule has 23 heavy (non-hydrogen) atoms. The number of ketones is 1. The Morgan fingerprint density at radius 1 is 1.30 bits per heavy atom. The second kappa shape index (κ2) is 7.43. The number of para-hydroxylation sites is 1. The number of halogens is 1. The van der Waals surface area contributed by atoms with Gasteiger partial charge in [-0.1, -0.05) is 12.1 Å². The van der Waals surface area contributed by atoms with Crippen LogP contribution in [0.25, 0.3) is 0 Å². The van der Waals surface area contributed by atoms with E-state index in [4.69, 9.17) is 0 Å². The van der Waals surface area contributed by atoms with Crippen LogP contribution in [0.1, 0.15) is 30.1 Å². The Morgan fingerprint density at radius 3 is 2.78 bits per heavy atom. The van der Waals surface area contributed by atoms with Gasteiger partial charge in [-0.2, -0.15) is 0 Å². The first-order valence-electron chi connectivity index (χ1n) is 7.91. The molecular weight excluding hydrogens is 314 g/mol. The molecule has 1 atom stereocenters. The molecule has 2 N–H and O–H groups in total. The van der Waals surface area contributed by atoms with E-state index in [0.29, 0.717) is 23.2 Å². The Balaban J connectivity index is 0.00000192. The first kappa shape index (κ1) is 17.9. The van der Waals surface area contributed by atoms with Crippen LogP contribution in [0.4, 0.5) is 5.69 Å². The SMILES string of the molecule is CC(=O)c1ccccc1NC(=O)CN1CCC2(CCNC2)C1.Cl. The highest BCUT2D eigenvalue weighted by Crippen LogP contribution is 2.35. The van der Waals surface area contributed by atoms with Crippen molar-refractivity contribution in [2.75, 3.05) is 38.0 Å². The Hall–Kier alpha value is -1.43. The van der Waals surface area contributed by atoms with Crippen molar-refractivity contribution >= 4 is 29.8 Å². The van der Waals surface area contributed by atoms with E-state index in [1.54, 1.807) is 12.1 Å². The number of likely N-dealkylation sites (tertiary alicyclic amines) is 1. The highest BCUT2D eigenvalue weighted by Gasteiger charge is 2.40. The molecule has 2 aliphatic rings. The van der Waals surface area contributed by atoms with Gasteiger partial charge >= 0.3 is 0 Å². The Kier molecular flexibility index (Phi) is 5.79. The molecule has 5 nitrogen and oxygen atoms in total. The molecule has 126 valence electrons. The Bertz CT molecular complexity index is 585. The lowest BCUT2D eigenvalue weighted by molar-refractivity contribution is -0.117. The van der Waals surface area contributed by atoms with Gasteiger partial charge < -0.3 is 10.6 Å². The normalized spacial score (nSPS) is 23.7. The molecule has 0 aliphatic carbocycles. The lowest BCUT2D eigenvalue weighted by Crippen LogP contribution is -2.34. The van der Waals surface area contributed by atoms with Gasteiger partial charge in [0.1, 0.15) is 0 Å². The summed E-state index contributed by atoms with van der Waals surface area (Å²) in [6.07, 6.45) is 2.37. The molecule has 2 saturated heterocycles. The quantitative estimate of drug-likeness (QED) is 0.824. The summed E-state index contributed by atoms with van der Waals surface area (Å²) in [6.45, 7) is 6.03. The summed E-state index contributed by atoms with van der Waals surface area (Å²) >= 11 is 0. The number of hydrogen-bond acceptors (Lipinski definition) is 4. The number of Topliss-reactive ketones (excluding diaryl/α,β-unsaturated/α-hetero) is 1. The number of amides is 1. The molecule has 0 saturated carbocycles. The number of rotatable bonds is 4. The lowest BCUT2D eigenvalue weighted by atomic mass is 9.87. The van der Waals surface area contributed by atoms with Crippen molar-refractivity contribution in [3.63, 3.8) is 0 Å². The van der Waals surface area contributed by atoms with Crippen molar-refractivity contribution in [2.45, 2.75) is 19.8 Å². The van der Waals surface area contributed by atoms with Crippen molar-refractivity contribution in [3.8, 4) is 0 Å². The molecule has 2 fully saturated rings. The van der Waals surface area contributed by atoms with Crippen molar-refractivity contribution < 1.29 is 9.59 Å². The van der Waals surface area contributed by atoms with Crippen LogP contribution in [0.2, 0.25) is 0 Å². The van der Waals surface area contributed by atoms with Gasteiger partial charge in [0.15, 0.2) is 5.78 Å². The summed E-state index contributed by atoms with van der Waals surface area (Å²) in [5.74, 6) is -0.0789. The van der Waals surface area contributed by atoms with Gasteiger partial charge in [-0.25, -0.2) is 0 Å². The number of anilines is 1. The van der Waals surface area contributed by atoms with E-state index in [9.17, 15) is 9.59 Å². The van der Waals surface area contributed by atoms with Crippen LogP contribution in [0.15, 0.2) is 24.3 Å². The zero-order valence-corrected chi connectivity index (χ0v) is 14.2. The van der Waals surface area contributed by atoms with E-state index < -0.39 is 0 Å². The summed E-state index contributed by atoms with van der Waals surface area (Å²) in [5, 5.41) is 6.30. The number of benzene rings is 1. The summed E-state index contributed by atoms with van der Waals surface area (Å²) < 4.78 is 0. The minimum Gasteiger partial charge on any atom is -0.324 e. The van der Waals surface area contributed by atoms with E-state index >= 15 is 0 Å². The topological polar surface area (TPSA) is 61.4 Å². The molecule has 1 aromatic rings. The number of hydrogen-bond donors (Lipinski definition) is 2. The predicted octanol–water partition coefficient (Wildman–Crippen LogP) is 1.93. The van der Waals surface area contributed by atoms with E-state index in [2.05, 4.69) is 15.5 Å². The molecule has 1 aromatic carbocycles. The van der Waals surface area contributed by atoms with E-state index in [-0.39, 0.29) is 24.1 Å². The Morgan fingerprint density at radius 2 is 2.09 bits per heavy atom. The number of nitrogens with one attached hydrogen (secondary N) is 2. The number of carbonyl (C=O) groups is 2. The van der Waals surface area contributed by atoms with Gasteiger partial charge in [-0.15, -0.1) is 12.4 Å². The van der Waals surface area contributed by atoms with Crippen molar-refractivity contribution in [3.05, 3.63) is 29.8 Å². The van der Waals surface area contributed by atoms with Gasteiger partial charge in [-0.05, 0) is 50.4 Å². The second-order valence-corrected chi connectivity index (χ2v) is 6.54. The lowest BCUT2D eigenvalue weighted by Gasteiger charge is -2.22. The second-order valence-electron chi connectivity index (χ2n) is 6.54. The van der Waals surface area contributed by atoms with Crippen LogP contribution in [0, 0.1) is 5.41 Å². The predicted molar refractivity (Wildman–Crippen MR) is 93.3 cm³/mol. The van der Waals surface area contributed by atoms with Crippen molar-refractivity contribution in [1.29, 1.82) is 0 Å². The van der Waals surface area contributed by atoms with Crippen molar-refractivity contribution in [2.24, 2.45) is 5.41 Å². The summed E-state index contributed by atoms with van der Waals surface area (Å²) in [6, 6.07) is 7.16. The molecule has 0 bridgehead atoms.